The second-order valence-corrected chi connectivity index (χ2v) is 5.32. The normalized spacial score (nSPS) is 11.4. The molecule has 0 saturated carbocycles. The van der Waals surface area contributed by atoms with Gasteiger partial charge in [-0.2, -0.15) is 0 Å². The van der Waals surface area contributed by atoms with Gasteiger partial charge in [0.05, 0.1) is 0 Å². The van der Waals surface area contributed by atoms with E-state index in [1.54, 1.807) is 0 Å². The number of aromatic nitrogens is 2. The van der Waals surface area contributed by atoms with Crippen molar-refractivity contribution in [2.24, 2.45) is 7.05 Å². The maximum Gasteiger partial charge on any atom is 0.0481 e. The Hall–Kier alpha value is -2.09. The molecule has 2 heteroatoms. The van der Waals surface area contributed by atoms with Gasteiger partial charge in [-0.05, 0) is 35.2 Å². The zero-order valence-corrected chi connectivity index (χ0v) is 11.6. The second kappa shape index (κ2) is 4.54. The standard InChI is InChI=1S/C17H18N2/c1-12(2)16-11-19(3)17-7-6-13(9-15(16)17)14-5-4-8-18-10-14/h4-12H,1-3H3. The largest absolute Gasteiger partial charge is 0.350 e. The van der Waals surface area contributed by atoms with Crippen molar-refractivity contribution in [3.8, 4) is 11.1 Å². The van der Waals surface area contributed by atoms with Crippen molar-refractivity contribution in [2.75, 3.05) is 0 Å². The molecule has 0 N–H and O–H groups in total. The molecule has 0 aliphatic rings. The van der Waals surface area contributed by atoms with Gasteiger partial charge in [0.1, 0.15) is 0 Å². The highest BCUT2D eigenvalue weighted by Crippen LogP contribution is 2.30. The Morgan fingerprint density at radius 1 is 1.11 bits per heavy atom. The highest BCUT2D eigenvalue weighted by molar-refractivity contribution is 5.88. The first-order valence-corrected chi connectivity index (χ1v) is 6.66. The summed E-state index contributed by atoms with van der Waals surface area (Å²) in [6.45, 7) is 4.48. The second-order valence-electron chi connectivity index (χ2n) is 5.32. The number of nitrogens with zero attached hydrogens (tertiary/aromatic N) is 2. The first-order valence-electron chi connectivity index (χ1n) is 6.66. The molecule has 0 saturated heterocycles. The van der Waals surface area contributed by atoms with Gasteiger partial charge in [-0.1, -0.05) is 26.0 Å². The van der Waals surface area contributed by atoms with Crippen LogP contribution in [-0.2, 0) is 7.05 Å². The monoisotopic (exact) mass is 250 g/mol. The molecule has 2 nitrogen and oxygen atoms in total. The van der Waals surface area contributed by atoms with Crippen molar-refractivity contribution in [1.82, 2.24) is 9.55 Å². The molecule has 0 aliphatic heterocycles. The van der Waals surface area contributed by atoms with Crippen LogP contribution in [0.3, 0.4) is 0 Å². The van der Waals surface area contributed by atoms with E-state index in [4.69, 9.17) is 0 Å². The SMILES string of the molecule is CC(C)c1cn(C)c2ccc(-c3cccnc3)cc12. The summed E-state index contributed by atoms with van der Waals surface area (Å²) >= 11 is 0. The third-order valence-electron chi connectivity index (χ3n) is 3.64. The van der Waals surface area contributed by atoms with Gasteiger partial charge < -0.3 is 4.57 Å². The summed E-state index contributed by atoms with van der Waals surface area (Å²) in [6.07, 6.45) is 5.96. The maximum atomic E-state index is 4.20. The van der Waals surface area contributed by atoms with Gasteiger partial charge >= 0.3 is 0 Å². The minimum atomic E-state index is 0.535. The van der Waals surface area contributed by atoms with E-state index in [1.165, 1.54) is 27.6 Å². The fraction of sp³-hybridized carbons (Fsp3) is 0.235. The van der Waals surface area contributed by atoms with Crippen molar-refractivity contribution in [2.45, 2.75) is 19.8 Å². The number of hydrogen-bond acceptors (Lipinski definition) is 1. The predicted molar refractivity (Wildman–Crippen MR) is 80.2 cm³/mol. The van der Waals surface area contributed by atoms with E-state index < -0.39 is 0 Å². The third kappa shape index (κ3) is 2.03. The van der Waals surface area contributed by atoms with E-state index in [0.29, 0.717) is 5.92 Å². The first kappa shape index (κ1) is 12.0. The van der Waals surface area contributed by atoms with Crippen LogP contribution in [0, 0.1) is 0 Å². The molecule has 2 heterocycles. The molecular weight excluding hydrogens is 232 g/mol. The lowest BCUT2D eigenvalue weighted by Gasteiger charge is -2.05. The average Bonchev–Trinajstić information content (AvgIpc) is 2.77. The van der Waals surface area contributed by atoms with Crippen molar-refractivity contribution in [3.63, 3.8) is 0 Å². The Bertz CT molecular complexity index is 709. The lowest BCUT2D eigenvalue weighted by atomic mass is 9.99. The van der Waals surface area contributed by atoms with Gasteiger partial charge in [0.15, 0.2) is 0 Å². The Morgan fingerprint density at radius 2 is 1.95 bits per heavy atom. The summed E-state index contributed by atoms with van der Waals surface area (Å²) in [6, 6.07) is 10.7. The Kier molecular flexibility index (Phi) is 2.86. The van der Waals surface area contributed by atoms with Crippen LogP contribution in [-0.4, -0.2) is 9.55 Å². The number of pyridine rings is 1. The molecule has 3 aromatic rings. The first-order chi connectivity index (χ1) is 9.16. The van der Waals surface area contributed by atoms with Crippen LogP contribution in [0.4, 0.5) is 0 Å². The molecule has 96 valence electrons. The number of hydrogen-bond donors (Lipinski definition) is 0. The van der Waals surface area contributed by atoms with E-state index in [1.807, 2.05) is 18.5 Å². The molecule has 0 amide bonds. The number of aryl methyl sites for hydroxylation is 1. The van der Waals surface area contributed by atoms with Crippen LogP contribution in [0.15, 0.2) is 48.9 Å². The molecule has 2 aromatic heterocycles. The topological polar surface area (TPSA) is 17.8 Å². The lowest BCUT2D eigenvalue weighted by molar-refractivity contribution is 0.857. The summed E-state index contributed by atoms with van der Waals surface area (Å²) in [5, 5.41) is 1.35. The van der Waals surface area contributed by atoms with Crippen LogP contribution >= 0.6 is 0 Å². The lowest BCUT2D eigenvalue weighted by Crippen LogP contribution is -1.85. The molecule has 0 radical (unpaired) electrons. The fourth-order valence-corrected chi connectivity index (χ4v) is 2.60. The number of fused-ring (bicyclic) bond motifs is 1. The summed E-state index contributed by atoms with van der Waals surface area (Å²) in [7, 11) is 2.11. The molecule has 0 unspecified atom stereocenters. The smallest absolute Gasteiger partial charge is 0.0481 e. The fourth-order valence-electron chi connectivity index (χ4n) is 2.60. The van der Waals surface area contributed by atoms with E-state index in [2.05, 4.69) is 60.9 Å². The molecule has 0 aliphatic carbocycles. The molecule has 3 rings (SSSR count). The van der Waals surface area contributed by atoms with E-state index >= 15 is 0 Å². The molecule has 0 spiro atoms. The Labute approximate surface area is 113 Å². The number of benzene rings is 1. The van der Waals surface area contributed by atoms with Crippen molar-refractivity contribution in [3.05, 3.63) is 54.5 Å². The Morgan fingerprint density at radius 3 is 2.63 bits per heavy atom. The van der Waals surface area contributed by atoms with Gasteiger partial charge in [0.25, 0.3) is 0 Å². The van der Waals surface area contributed by atoms with Crippen LogP contribution in [0.5, 0.6) is 0 Å². The summed E-state index contributed by atoms with van der Waals surface area (Å²) in [4.78, 5) is 4.20. The minimum Gasteiger partial charge on any atom is -0.350 e. The Balaban J connectivity index is 2.23. The van der Waals surface area contributed by atoms with E-state index in [-0.39, 0.29) is 0 Å². The van der Waals surface area contributed by atoms with Gasteiger partial charge in [-0.15, -0.1) is 0 Å². The van der Waals surface area contributed by atoms with Crippen LogP contribution in [0.1, 0.15) is 25.3 Å². The average molecular weight is 250 g/mol. The van der Waals surface area contributed by atoms with E-state index in [0.717, 1.165) is 0 Å². The van der Waals surface area contributed by atoms with Crippen molar-refractivity contribution >= 4 is 10.9 Å². The van der Waals surface area contributed by atoms with Crippen LogP contribution in [0.25, 0.3) is 22.0 Å². The highest BCUT2D eigenvalue weighted by atomic mass is 14.9. The molecule has 1 aromatic carbocycles. The zero-order valence-electron chi connectivity index (χ0n) is 11.6. The van der Waals surface area contributed by atoms with Crippen LogP contribution < -0.4 is 0 Å². The third-order valence-corrected chi connectivity index (χ3v) is 3.64. The predicted octanol–water partition coefficient (Wildman–Crippen LogP) is 4.36. The van der Waals surface area contributed by atoms with Crippen LogP contribution in [0.2, 0.25) is 0 Å². The molecule has 0 fully saturated rings. The van der Waals surface area contributed by atoms with Gasteiger partial charge in [-0.3, -0.25) is 4.98 Å². The van der Waals surface area contributed by atoms with Crippen molar-refractivity contribution < 1.29 is 0 Å². The highest BCUT2D eigenvalue weighted by Gasteiger charge is 2.10. The van der Waals surface area contributed by atoms with Gasteiger partial charge in [0, 0.05) is 42.1 Å². The molecular formula is C17H18N2. The van der Waals surface area contributed by atoms with Gasteiger partial charge in [0.2, 0.25) is 0 Å². The van der Waals surface area contributed by atoms with Gasteiger partial charge in [-0.25, -0.2) is 0 Å². The summed E-state index contributed by atoms with van der Waals surface area (Å²) < 4.78 is 2.21. The molecule has 19 heavy (non-hydrogen) atoms. The summed E-state index contributed by atoms with van der Waals surface area (Å²) in [5.41, 5.74) is 5.09. The van der Waals surface area contributed by atoms with Crippen molar-refractivity contribution in [1.29, 1.82) is 0 Å². The maximum absolute atomic E-state index is 4.20. The minimum absolute atomic E-state index is 0.535. The quantitative estimate of drug-likeness (QED) is 0.660. The molecule has 0 bridgehead atoms. The number of rotatable bonds is 2. The summed E-state index contributed by atoms with van der Waals surface area (Å²) in [5.74, 6) is 0.535. The molecule has 0 atom stereocenters. The zero-order chi connectivity index (χ0) is 13.4. The van der Waals surface area contributed by atoms with E-state index in [9.17, 15) is 0 Å².